The van der Waals surface area contributed by atoms with Crippen LogP contribution in [-0.4, -0.2) is 55.6 Å². The third kappa shape index (κ3) is 5.07. The number of nitrogens with one attached hydrogen (secondary N) is 1. The number of aromatic nitrogens is 2. The predicted molar refractivity (Wildman–Crippen MR) is 101 cm³/mol. The first-order valence-electron chi connectivity index (χ1n) is 8.97. The summed E-state index contributed by atoms with van der Waals surface area (Å²) in [7, 11) is 1.62. The van der Waals surface area contributed by atoms with Crippen LogP contribution in [0.25, 0.3) is 0 Å². The highest BCUT2D eigenvalue weighted by Gasteiger charge is 2.14. The second-order valence-electron chi connectivity index (χ2n) is 6.20. The number of carbonyl (C=O) groups excluding carboxylic acids is 1. The molecule has 1 fully saturated rings. The van der Waals surface area contributed by atoms with E-state index >= 15 is 0 Å². The van der Waals surface area contributed by atoms with Crippen molar-refractivity contribution in [1.82, 2.24) is 15.1 Å². The van der Waals surface area contributed by atoms with E-state index in [9.17, 15) is 9.59 Å². The summed E-state index contributed by atoms with van der Waals surface area (Å²) in [6.07, 6.45) is 0.645. The van der Waals surface area contributed by atoms with Crippen molar-refractivity contribution in [2.75, 3.05) is 44.9 Å². The van der Waals surface area contributed by atoms with Crippen LogP contribution in [-0.2, 0) is 22.5 Å². The first kappa shape index (κ1) is 18.9. The smallest absolute Gasteiger partial charge is 0.267 e. The molecule has 1 saturated heterocycles. The lowest BCUT2D eigenvalue weighted by Gasteiger charge is -2.27. The molecule has 1 N–H and O–H groups in total. The van der Waals surface area contributed by atoms with Crippen molar-refractivity contribution < 1.29 is 14.3 Å². The second-order valence-corrected chi connectivity index (χ2v) is 6.20. The lowest BCUT2D eigenvalue weighted by atomic mass is 10.1. The summed E-state index contributed by atoms with van der Waals surface area (Å²) in [6.45, 7) is 3.04. The van der Waals surface area contributed by atoms with Crippen molar-refractivity contribution in [2.24, 2.45) is 0 Å². The molecule has 144 valence electrons. The monoisotopic (exact) mass is 372 g/mol. The summed E-state index contributed by atoms with van der Waals surface area (Å²) >= 11 is 0. The third-order valence-electron chi connectivity index (χ3n) is 4.39. The summed E-state index contributed by atoms with van der Waals surface area (Å²) in [4.78, 5) is 26.3. The lowest BCUT2D eigenvalue weighted by Crippen LogP contribution is -2.39. The maximum Gasteiger partial charge on any atom is 0.267 e. The van der Waals surface area contributed by atoms with Crippen LogP contribution in [0.2, 0.25) is 0 Å². The van der Waals surface area contributed by atoms with E-state index in [0.717, 1.165) is 24.4 Å². The molecule has 1 aromatic carbocycles. The normalized spacial score (nSPS) is 14.0. The number of anilines is 1. The van der Waals surface area contributed by atoms with Gasteiger partial charge in [-0.1, -0.05) is 18.2 Å². The number of rotatable bonds is 7. The zero-order chi connectivity index (χ0) is 19.1. The number of nitrogens with zero attached hydrogens (tertiary/aromatic N) is 3. The molecule has 0 spiro atoms. The van der Waals surface area contributed by atoms with Gasteiger partial charge in [0.15, 0.2) is 0 Å². The fraction of sp³-hybridized carbons (Fsp3) is 0.421. The molecule has 1 aromatic heterocycles. The Kier molecular flexibility index (Phi) is 6.43. The average molecular weight is 372 g/mol. The zero-order valence-electron chi connectivity index (χ0n) is 15.4. The van der Waals surface area contributed by atoms with Crippen molar-refractivity contribution in [3.63, 3.8) is 0 Å². The van der Waals surface area contributed by atoms with Crippen molar-refractivity contribution in [3.05, 3.63) is 52.3 Å². The largest absolute Gasteiger partial charge is 0.496 e. The van der Waals surface area contributed by atoms with Gasteiger partial charge in [0.1, 0.15) is 18.1 Å². The lowest BCUT2D eigenvalue weighted by molar-refractivity contribution is -0.121. The fourth-order valence-corrected chi connectivity index (χ4v) is 2.95. The number of amides is 1. The SMILES string of the molecule is COc1ccccc1CCNC(=O)Cn1nc(N2CCOCC2)ccc1=O. The van der Waals surface area contributed by atoms with E-state index in [4.69, 9.17) is 9.47 Å². The first-order chi connectivity index (χ1) is 13.2. The number of para-hydroxylation sites is 1. The molecule has 27 heavy (non-hydrogen) atoms. The van der Waals surface area contributed by atoms with Gasteiger partial charge >= 0.3 is 0 Å². The van der Waals surface area contributed by atoms with E-state index in [0.29, 0.717) is 32.0 Å². The number of methoxy groups -OCH3 is 1. The van der Waals surface area contributed by atoms with E-state index < -0.39 is 0 Å². The van der Waals surface area contributed by atoms with Gasteiger partial charge < -0.3 is 19.7 Å². The molecule has 0 unspecified atom stereocenters. The highest BCUT2D eigenvalue weighted by molar-refractivity contribution is 5.75. The molecular weight excluding hydrogens is 348 g/mol. The van der Waals surface area contributed by atoms with E-state index in [1.807, 2.05) is 29.2 Å². The Morgan fingerprint density at radius 1 is 1.22 bits per heavy atom. The van der Waals surface area contributed by atoms with Crippen LogP contribution >= 0.6 is 0 Å². The quantitative estimate of drug-likeness (QED) is 0.759. The predicted octanol–water partition coefficient (Wildman–Crippen LogP) is 0.447. The maximum atomic E-state index is 12.2. The summed E-state index contributed by atoms with van der Waals surface area (Å²) in [5, 5.41) is 7.15. The van der Waals surface area contributed by atoms with Gasteiger partial charge in [0.25, 0.3) is 5.56 Å². The Labute approximate surface area is 157 Å². The van der Waals surface area contributed by atoms with Crippen LogP contribution in [0.3, 0.4) is 0 Å². The minimum Gasteiger partial charge on any atom is -0.496 e. The van der Waals surface area contributed by atoms with Crippen molar-refractivity contribution in [1.29, 1.82) is 0 Å². The number of benzene rings is 1. The third-order valence-corrected chi connectivity index (χ3v) is 4.39. The highest BCUT2D eigenvalue weighted by atomic mass is 16.5. The number of hydrogen-bond acceptors (Lipinski definition) is 6. The maximum absolute atomic E-state index is 12.2. The Morgan fingerprint density at radius 3 is 2.78 bits per heavy atom. The standard InChI is InChI=1S/C19H24N4O4/c1-26-16-5-3-2-4-15(16)8-9-20-18(24)14-23-19(25)7-6-17(21-23)22-10-12-27-13-11-22/h2-7H,8-14H2,1H3,(H,20,24). The van der Waals surface area contributed by atoms with Crippen molar-refractivity contribution in [2.45, 2.75) is 13.0 Å². The van der Waals surface area contributed by atoms with Crippen molar-refractivity contribution in [3.8, 4) is 5.75 Å². The average Bonchev–Trinajstić information content (AvgIpc) is 2.70. The molecule has 3 rings (SSSR count). The van der Waals surface area contributed by atoms with Crippen LogP contribution in [0.4, 0.5) is 5.82 Å². The molecule has 1 aliphatic heterocycles. The van der Waals surface area contributed by atoms with Gasteiger partial charge in [-0.05, 0) is 24.1 Å². The first-order valence-corrected chi connectivity index (χ1v) is 8.97. The van der Waals surface area contributed by atoms with Crippen LogP contribution < -0.4 is 20.5 Å². The van der Waals surface area contributed by atoms with Gasteiger partial charge in [-0.2, -0.15) is 5.10 Å². The van der Waals surface area contributed by atoms with Crippen LogP contribution in [0, 0.1) is 0 Å². The molecule has 1 aliphatic rings. The van der Waals surface area contributed by atoms with E-state index in [-0.39, 0.29) is 18.0 Å². The molecular formula is C19H24N4O4. The minimum absolute atomic E-state index is 0.108. The molecule has 8 nitrogen and oxygen atoms in total. The molecule has 2 heterocycles. The van der Waals surface area contributed by atoms with Gasteiger partial charge in [0, 0.05) is 25.7 Å². The molecule has 8 heteroatoms. The molecule has 0 radical (unpaired) electrons. The number of hydrogen-bond donors (Lipinski definition) is 1. The highest BCUT2D eigenvalue weighted by Crippen LogP contribution is 2.17. The van der Waals surface area contributed by atoms with Gasteiger partial charge in [-0.25, -0.2) is 4.68 Å². The van der Waals surface area contributed by atoms with Crippen LogP contribution in [0.1, 0.15) is 5.56 Å². The van der Waals surface area contributed by atoms with Crippen LogP contribution in [0.5, 0.6) is 5.75 Å². The van der Waals surface area contributed by atoms with Gasteiger partial charge in [0.2, 0.25) is 5.91 Å². The molecule has 0 aliphatic carbocycles. The van der Waals surface area contributed by atoms with Crippen molar-refractivity contribution >= 4 is 11.7 Å². The van der Waals surface area contributed by atoms with E-state index in [1.54, 1.807) is 13.2 Å². The zero-order valence-corrected chi connectivity index (χ0v) is 15.4. The minimum atomic E-state index is -0.299. The summed E-state index contributed by atoms with van der Waals surface area (Å²) in [5.74, 6) is 1.22. The fourth-order valence-electron chi connectivity index (χ4n) is 2.95. The number of morpholine rings is 1. The van der Waals surface area contributed by atoms with Gasteiger partial charge in [0.05, 0.1) is 20.3 Å². The molecule has 2 aromatic rings. The summed E-state index contributed by atoms with van der Waals surface area (Å²) in [6, 6.07) is 10.8. The molecule has 0 saturated carbocycles. The van der Waals surface area contributed by atoms with Crippen LogP contribution in [0.15, 0.2) is 41.2 Å². The number of ether oxygens (including phenoxy) is 2. The Balaban J connectivity index is 1.56. The van der Waals surface area contributed by atoms with E-state index in [2.05, 4.69) is 10.4 Å². The Morgan fingerprint density at radius 2 is 2.00 bits per heavy atom. The topological polar surface area (TPSA) is 85.7 Å². The summed E-state index contributed by atoms with van der Waals surface area (Å²) in [5.41, 5.74) is 0.719. The molecule has 0 atom stereocenters. The molecule has 0 bridgehead atoms. The Hall–Kier alpha value is -2.87. The number of carbonyl (C=O) groups is 1. The van der Waals surface area contributed by atoms with E-state index in [1.165, 1.54) is 10.7 Å². The van der Waals surface area contributed by atoms with Gasteiger partial charge in [-0.3, -0.25) is 9.59 Å². The second kappa shape index (κ2) is 9.18. The Bertz CT molecular complexity index is 830. The molecule has 1 amide bonds. The van der Waals surface area contributed by atoms with Gasteiger partial charge in [-0.15, -0.1) is 0 Å². The summed E-state index contributed by atoms with van der Waals surface area (Å²) < 4.78 is 11.8.